The second kappa shape index (κ2) is 4.30. The van der Waals surface area contributed by atoms with Crippen molar-refractivity contribution in [2.45, 2.75) is 26.2 Å². The van der Waals surface area contributed by atoms with Crippen molar-refractivity contribution in [1.29, 1.82) is 0 Å². The molecule has 3 rings (SSSR count). The van der Waals surface area contributed by atoms with Crippen LogP contribution < -0.4 is 10.6 Å². The number of rotatable bonds is 3. The van der Waals surface area contributed by atoms with Gasteiger partial charge in [-0.1, -0.05) is 12.5 Å². The molecule has 2 unspecified atom stereocenters. The van der Waals surface area contributed by atoms with Crippen molar-refractivity contribution in [2.75, 3.05) is 17.2 Å². The average Bonchev–Trinajstić information content (AvgIpc) is 2.84. The molecule has 96 valence electrons. The Kier molecular flexibility index (Phi) is 2.77. The van der Waals surface area contributed by atoms with Crippen LogP contribution in [0.15, 0.2) is 24.3 Å². The predicted octanol–water partition coefficient (Wildman–Crippen LogP) is 2.67. The van der Waals surface area contributed by atoms with Crippen LogP contribution >= 0.6 is 0 Å². The van der Waals surface area contributed by atoms with Gasteiger partial charge in [-0.05, 0) is 49.8 Å². The van der Waals surface area contributed by atoms with Gasteiger partial charge in [0.2, 0.25) is 5.91 Å². The first kappa shape index (κ1) is 11.6. The zero-order valence-electron chi connectivity index (χ0n) is 10.8. The van der Waals surface area contributed by atoms with Crippen molar-refractivity contribution in [1.82, 2.24) is 0 Å². The minimum atomic E-state index is 0.292. The Balaban J connectivity index is 1.78. The van der Waals surface area contributed by atoms with Crippen LogP contribution in [-0.2, 0) is 4.79 Å². The van der Waals surface area contributed by atoms with Crippen LogP contribution in [0, 0.1) is 17.8 Å². The number of fused-ring (bicyclic) bond motifs is 1. The Bertz CT molecular complexity index is 461. The fourth-order valence-corrected chi connectivity index (χ4v) is 3.53. The third-order valence-corrected chi connectivity index (χ3v) is 4.46. The summed E-state index contributed by atoms with van der Waals surface area (Å²) in [7, 11) is 0. The first-order chi connectivity index (χ1) is 8.72. The minimum absolute atomic E-state index is 0.292. The highest BCUT2D eigenvalue weighted by atomic mass is 16.2. The lowest BCUT2D eigenvalue weighted by Crippen LogP contribution is -2.33. The normalized spacial score (nSPS) is 28.8. The summed E-state index contributed by atoms with van der Waals surface area (Å²) in [5.74, 6) is 1.94. The van der Waals surface area contributed by atoms with E-state index in [2.05, 4.69) is 0 Å². The lowest BCUT2D eigenvalue weighted by Gasteiger charge is -2.22. The molecular formula is C15H20N2O. The van der Waals surface area contributed by atoms with E-state index in [-0.39, 0.29) is 0 Å². The van der Waals surface area contributed by atoms with E-state index in [0.29, 0.717) is 23.7 Å². The van der Waals surface area contributed by atoms with E-state index in [9.17, 15) is 4.79 Å². The van der Waals surface area contributed by atoms with Crippen LogP contribution in [0.3, 0.4) is 0 Å². The third kappa shape index (κ3) is 1.78. The molecule has 0 bridgehead atoms. The summed E-state index contributed by atoms with van der Waals surface area (Å²) in [5, 5.41) is 0. The summed E-state index contributed by atoms with van der Waals surface area (Å²) < 4.78 is 0. The Morgan fingerprint density at radius 2 is 2.11 bits per heavy atom. The monoisotopic (exact) mass is 244 g/mol. The molecule has 18 heavy (non-hydrogen) atoms. The molecule has 0 aliphatic heterocycles. The fraction of sp³-hybridized carbons (Fsp3) is 0.533. The summed E-state index contributed by atoms with van der Waals surface area (Å²) >= 11 is 0. The summed E-state index contributed by atoms with van der Waals surface area (Å²) in [4.78, 5) is 14.4. The largest absolute Gasteiger partial charge is 0.399 e. The standard InChI is InChI=1S/C15H20N2O/c1-2-17(11-6-3-5-10(16)9-11)15(18)14-12-7-4-8-13(12)14/h3,5-6,9,12-14H,2,4,7-8,16H2,1H3. The number of amides is 1. The number of nitrogens with zero attached hydrogens (tertiary/aromatic N) is 1. The number of nitrogens with two attached hydrogens (primary N) is 1. The Hall–Kier alpha value is -1.51. The number of carbonyl (C=O) groups excluding carboxylic acids is 1. The van der Waals surface area contributed by atoms with E-state index < -0.39 is 0 Å². The Morgan fingerprint density at radius 1 is 1.39 bits per heavy atom. The Morgan fingerprint density at radius 3 is 2.72 bits per heavy atom. The van der Waals surface area contributed by atoms with Crippen LogP contribution in [0.2, 0.25) is 0 Å². The zero-order valence-corrected chi connectivity index (χ0v) is 10.8. The molecule has 0 spiro atoms. The molecule has 2 saturated carbocycles. The molecule has 2 aliphatic carbocycles. The summed E-state index contributed by atoms with van der Waals surface area (Å²) in [6, 6.07) is 7.62. The maximum Gasteiger partial charge on any atom is 0.230 e. The van der Waals surface area contributed by atoms with Gasteiger partial charge in [-0.3, -0.25) is 4.79 Å². The van der Waals surface area contributed by atoms with Crippen molar-refractivity contribution >= 4 is 17.3 Å². The van der Waals surface area contributed by atoms with E-state index in [1.165, 1.54) is 19.3 Å². The van der Waals surface area contributed by atoms with Gasteiger partial charge < -0.3 is 10.6 Å². The zero-order chi connectivity index (χ0) is 12.7. The average molecular weight is 244 g/mol. The molecule has 0 saturated heterocycles. The van der Waals surface area contributed by atoms with Gasteiger partial charge in [-0.2, -0.15) is 0 Å². The van der Waals surface area contributed by atoms with Crippen molar-refractivity contribution in [3.8, 4) is 0 Å². The first-order valence-electron chi connectivity index (χ1n) is 6.89. The number of hydrogen-bond acceptors (Lipinski definition) is 2. The quantitative estimate of drug-likeness (QED) is 0.831. The molecule has 0 radical (unpaired) electrons. The summed E-state index contributed by atoms with van der Waals surface area (Å²) in [6.45, 7) is 2.75. The highest BCUT2D eigenvalue weighted by Crippen LogP contribution is 2.58. The van der Waals surface area contributed by atoms with Crippen LogP contribution in [0.1, 0.15) is 26.2 Å². The Labute approximate surface area is 108 Å². The number of nitrogen functional groups attached to an aromatic ring is 1. The number of hydrogen-bond donors (Lipinski definition) is 1. The van der Waals surface area contributed by atoms with Gasteiger partial charge >= 0.3 is 0 Å². The van der Waals surface area contributed by atoms with Gasteiger partial charge in [0.1, 0.15) is 0 Å². The van der Waals surface area contributed by atoms with E-state index in [1.807, 2.05) is 36.1 Å². The van der Waals surface area contributed by atoms with Gasteiger partial charge in [-0.25, -0.2) is 0 Å². The molecule has 2 fully saturated rings. The molecule has 2 aliphatic rings. The van der Waals surface area contributed by atoms with Gasteiger partial charge in [0, 0.05) is 23.8 Å². The molecule has 0 heterocycles. The number of benzene rings is 1. The van der Waals surface area contributed by atoms with Crippen molar-refractivity contribution in [3.63, 3.8) is 0 Å². The third-order valence-electron chi connectivity index (χ3n) is 4.46. The summed E-state index contributed by atoms with van der Waals surface area (Å²) in [5.41, 5.74) is 7.45. The molecule has 3 nitrogen and oxygen atoms in total. The van der Waals surface area contributed by atoms with E-state index in [4.69, 9.17) is 5.73 Å². The maximum atomic E-state index is 12.5. The van der Waals surface area contributed by atoms with Crippen molar-refractivity contribution < 1.29 is 4.79 Å². The molecule has 1 aromatic rings. The second-order valence-electron chi connectivity index (χ2n) is 5.46. The topological polar surface area (TPSA) is 46.3 Å². The molecule has 3 heteroatoms. The molecule has 1 aromatic carbocycles. The van der Waals surface area contributed by atoms with E-state index in [1.54, 1.807) is 0 Å². The number of carbonyl (C=O) groups is 1. The lowest BCUT2D eigenvalue weighted by molar-refractivity contribution is -0.120. The highest BCUT2D eigenvalue weighted by Gasteiger charge is 2.57. The van der Waals surface area contributed by atoms with Gasteiger partial charge in [0.25, 0.3) is 0 Å². The van der Waals surface area contributed by atoms with Crippen LogP contribution in [0.25, 0.3) is 0 Å². The predicted molar refractivity (Wildman–Crippen MR) is 73.2 cm³/mol. The molecule has 0 aromatic heterocycles. The highest BCUT2D eigenvalue weighted by molar-refractivity contribution is 5.97. The fourth-order valence-electron chi connectivity index (χ4n) is 3.53. The molecule has 1 amide bonds. The number of anilines is 2. The maximum absolute atomic E-state index is 12.5. The van der Waals surface area contributed by atoms with Crippen molar-refractivity contribution in [3.05, 3.63) is 24.3 Å². The SMILES string of the molecule is CCN(C(=O)C1C2CCCC21)c1cccc(N)c1. The van der Waals surface area contributed by atoms with Gasteiger partial charge in [-0.15, -0.1) is 0 Å². The van der Waals surface area contributed by atoms with Gasteiger partial charge in [0.15, 0.2) is 0 Å². The smallest absolute Gasteiger partial charge is 0.230 e. The molecule has 2 N–H and O–H groups in total. The minimum Gasteiger partial charge on any atom is -0.399 e. The van der Waals surface area contributed by atoms with Crippen LogP contribution in [0.4, 0.5) is 11.4 Å². The van der Waals surface area contributed by atoms with E-state index >= 15 is 0 Å². The van der Waals surface area contributed by atoms with Crippen LogP contribution in [-0.4, -0.2) is 12.5 Å². The van der Waals surface area contributed by atoms with E-state index in [0.717, 1.165) is 17.9 Å². The molecular weight excluding hydrogens is 224 g/mol. The van der Waals surface area contributed by atoms with Crippen LogP contribution in [0.5, 0.6) is 0 Å². The molecule has 2 atom stereocenters. The first-order valence-corrected chi connectivity index (χ1v) is 6.89. The van der Waals surface area contributed by atoms with Gasteiger partial charge in [0.05, 0.1) is 0 Å². The van der Waals surface area contributed by atoms with Crippen molar-refractivity contribution in [2.24, 2.45) is 17.8 Å². The second-order valence-corrected chi connectivity index (χ2v) is 5.46. The summed E-state index contributed by atoms with van der Waals surface area (Å²) in [6.07, 6.45) is 3.80. The lowest BCUT2D eigenvalue weighted by atomic mass is 10.1.